The maximum absolute atomic E-state index is 12.7. The number of carbonyl (C=O) groups excluding carboxylic acids is 1. The highest BCUT2D eigenvalue weighted by Crippen LogP contribution is 2.20. The molecule has 0 N–H and O–H groups in total. The largest absolute Gasteiger partial charge is 0.490 e. The molecule has 1 aliphatic rings. The lowest BCUT2D eigenvalue weighted by Gasteiger charge is -2.32. The van der Waals surface area contributed by atoms with Gasteiger partial charge in [-0.15, -0.1) is 0 Å². The highest BCUT2D eigenvalue weighted by molar-refractivity contribution is 5.94. The zero-order valence-corrected chi connectivity index (χ0v) is 14.4. The summed E-state index contributed by atoms with van der Waals surface area (Å²) in [7, 11) is 0. The molecule has 0 spiro atoms. The number of nitrogens with zero attached hydrogens (tertiary/aromatic N) is 4. The van der Waals surface area contributed by atoms with Crippen molar-refractivity contribution in [1.29, 1.82) is 0 Å². The molecule has 0 saturated carbocycles. The first-order chi connectivity index (χ1) is 12.8. The Bertz CT molecular complexity index is 839. The predicted molar refractivity (Wildman–Crippen MR) is 97.4 cm³/mol. The topological polar surface area (TPSA) is 60.2 Å². The van der Waals surface area contributed by atoms with E-state index in [1.807, 2.05) is 59.5 Å². The van der Waals surface area contributed by atoms with Crippen LogP contribution in [0.25, 0.3) is 5.69 Å². The summed E-state index contributed by atoms with van der Waals surface area (Å²) >= 11 is 0. The smallest absolute Gasteiger partial charge is 0.253 e. The Morgan fingerprint density at radius 1 is 1.00 bits per heavy atom. The predicted octanol–water partition coefficient (Wildman–Crippen LogP) is 2.95. The van der Waals surface area contributed by atoms with E-state index in [1.165, 1.54) is 6.33 Å². The lowest BCUT2D eigenvalue weighted by molar-refractivity contribution is 0.0595. The number of hydrogen-bond acceptors (Lipinski definition) is 4. The molecule has 1 fully saturated rings. The first kappa shape index (κ1) is 16.3. The average Bonchev–Trinajstić information content (AvgIpc) is 3.24. The second-order valence-corrected chi connectivity index (χ2v) is 6.31. The Hall–Kier alpha value is -3.15. The fraction of sp³-hybridized carbons (Fsp3) is 0.250. The quantitative estimate of drug-likeness (QED) is 0.727. The monoisotopic (exact) mass is 348 g/mol. The van der Waals surface area contributed by atoms with E-state index in [2.05, 4.69) is 10.1 Å². The van der Waals surface area contributed by atoms with Gasteiger partial charge in [0.15, 0.2) is 0 Å². The number of aromatic nitrogens is 3. The third kappa shape index (κ3) is 3.59. The summed E-state index contributed by atoms with van der Waals surface area (Å²) in [5.41, 5.74) is 1.57. The van der Waals surface area contributed by atoms with Gasteiger partial charge in [-0.1, -0.05) is 18.2 Å². The van der Waals surface area contributed by atoms with E-state index in [4.69, 9.17) is 4.74 Å². The van der Waals surface area contributed by atoms with Crippen molar-refractivity contribution in [3.8, 4) is 11.4 Å². The fourth-order valence-electron chi connectivity index (χ4n) is 3.15. The Labute approximate surface area is 152 Å². The molecular weight excluding hydrogens is 328 g/mol. The van der Waals surface area contributed by atoms with Gasteiger partial charge in [0.1, 0.15) is 24.5 Å². The van der Waals surface area contributed by atoms with Crippen molar-refractivity contribution in [1.82, 2.24) is 19.7 Å². The SMILES string of the molecule is O=C(c1ccc(-n2cncn2)cc1)N1CCC(Oc2ccccc2)CC1. The highest BCUT2D eigenvalue weighted by atomic mass is 16.5. The van der Waals surface area contributed by atoms with E-state index >= 15 is 0 Å². The van der Waals surface area contributed by atoms with Gasteiger partial charge in [-0.2, -0.15) is 5.10 Å². The molecule has 0 radical (unpaired) electrons. The van der Waals surface area contributed by atoms with Gasteiger partial charge < -0.3 is 9.64 Å². The molecule has 6 heteroatoms. The van der Waals surface area contributed by atoms with Crippen molar-refractivity contribution < 1.29 is 9.53 Å². The number of rotatable bonds is 4. The molecule has 1 amide bonds. The van der Waals surface area contributed by atoms with E-state index in [-0.39, 0.29) is 12.0 Å². The van der Waals surface area contributed by atoms with Gasteiger partial charge in [0.05, 0.1) is 5.69 Å². The van der Waals surface area contributed by atoms with Crippen LogP contribution < -0.4 is 4.74 Å². The normalized spacial score (nSPS) is 15.0. The second kappa shape index (κ2) is 7.39. The number of piperidine rings is 1. The summed E-state index contributed by atoms with van der Waals surface area (Å²) in [4.78, 5) is 18.5. The standard InChI is InChI=1S/C20H20N4O2/c25-20(16-6-8-17(9-7-16)24-15-21-14-22-24)23-12-10-19(11-13-23)26-18-4-2-1-3-5-18/h1-9,14-15,19H,10-13H2. The van der Waals surface area contributed by atoms with Crippen LogP contribution in [0.2, 0.25) is 0 Å². The molecule has 2 heterocycles. The number of hydrogen-bond donors (Lipinski definition) is 0. The van der Waals surface area contributed by atoms with Crippen LogP contribution >= 0.6 is 0 Å². The molecule has 1 aromatic heterocycles. The van der Waals surface area contributed by atoms with E-state index in [9.17, 15) is 4.79 Å². The molecule has 26 heavy (non-hydrogen) atoms. The first-order valence-electron chi connectivity index (χ1n) is 8.75. The van der Waals surface area contributed by atoms with E-state index in [0.29, 0.717) is 18.7 Å². The average molecular weight is 348 g/mol. The number of para-hydroxylation sites is 1. The maximum atomic E-state index is 12.7. The Morgan fingerprint density at radius 2 is 1.73 bits per heavy atom. The van der Waals surface area contributed by atoms with E-state index in [0.717, 1.165) is 24.3 Å². The van der Waals surface area contributed by atoms with Crippen LogP contribution in [-0.4, -0.2) is 44.8 Å². The lowest BCUT2D eigenvalue weighted by atomic mass is 10.1. The number of likely N-dealkylation sites (tertiary alicyclic amines) is 1. The van der Waals surface area contributed by atoms with Gasteiger partial charge in [0, 0.05) is 31.5 Å². The zero-order valence-electron chi connectivity index (χ0n) is 14.4. The molecule has 1 aliphatic heterocycles. The number of carbonyl (C=O) groups is 1. The van der Waals surface area contributed by atoms with Crippen molar-refractivity contribution in [2.24, 2.45) is 0 Å². The molecule has 4 rings (SSSR count). The molecule has 0 aliphatic carbocycles. The fourth-order valence-corrected chi connectivity index (χ4v) is 3.15. The van der Waals surface area contributed by atoms with Crippen LogP contribution in [0.15, 0.2) is 67.3 Å². The first-order valence-corrected chi connectivity index (χ1v) is 8.75. The van der Waals surface area contributed by atoms with Gasteiger partial charge in [0.25, 0.3) is 5.91 Å². The molecule has 2 aromatic carbocycles. The summed E-state index contributed by atoms with van der Waals surface area (Å²) in [6.07, 6.45) is 4.97. The molecule has 1 saturated heterocycles. The van der Waals surface area contributed by atoms with Crippen LogP contribution in [-0.2, 0) is 0 Å². The van der Waals surface area contributed by atoms with E-state index in [1.54, 1.807) is 11.0 Å². The van der Waals surface area contributed by atoms with Gasteiger partial charge in [-0.05, 0) is 36.4 Å². The van der Waals surface area contributed by atoms with Crippen LogP contribution in [0, 0.1) is 0 Å². The molecule has 132 valence electrons. The van der Waals surface area contributed by atoms with Crippen LogP contribution in [0.1, 0.15) is 23.2 Å². The van der Waals surface area contributed by atoms with Crippen molar-refractivity contribution in [3.05, 3.63) is 72.8 Å². The minimum atomic E-state index is 0.0632. The number of benzene rings is 2. The molecule has 6 nitrogen and oxygen atoms in total. The number of ether oxygens (including phenoxy) is 1. The summed E-state index contributed by atoms with van der Waals surface area (Å²) in [5.74, 6) is 0.953. The van der Waals surface area contributed by atoms with Gasteiger partial charge >= 0.3 is 0 Å². The Morgan fingerprint density at radius 3 is 2.38 bits per heavy atom. The third-order valence-corrected chi connectivity index (χ3v) is 4.57. The van der Waals surface area contributed by atoms with E-state index < -0.39 is 0 Å². The summed E-state index contributed by atoms with van der Waals surface area (Å²) in [5, 5.41) is 4.09. The minimum absolute atomic E-state index is 0.0632. The minimum Gasteiger partial charge on any atom is -0.490 e. The molecule has 3 aromatic rings. The lowest BCUT2D eigenvalue weighted by Crippen LogP contribution is -2.41. The van der Waals surface area contributed by atoms with Gasteiger partial charge in [-0.25, -0.2) is 9.67 Å². The maximum Gasteiger partial charge on any atom is 0.253 e. The van der Waals surface area contributed by atoms with Gasteiger partial charge in [-0.3, -0.25) is 4.79 Å². The van der Waals surface area contributed by atoms with Crippen molar-refractivity contribution in [2.75, 3.05) is 13.1 Å². The van der Waals surface area contributed by atoms with Crippen LogP contribution in [0.3, 0.4) is 0 Å². The van der Waals surface area contributed by atoms with Crippen molar-refractivity contribution in [2.45, 2.75) is 18.9 Å². The summed E-state index contributed by atoms with van der Waals surface area (Å²) < 4.78 is 7.66. The summed E-state index contributed by atoms with van der Waals surface area (Å²) in [6.45, 7) is 1.42. The molecular formula is C20H20N4O2. The molecule has 0 bridgehead atoms. The molecule has 0 atom stereocenters. The number of amides is 1. The van der Waals surface area contributed by atoms with Gasteiger partial charge in [0.2, 0.25) is 0 Å². The van der Waals surface area contributed by atoms with Crippen molar-refractivity contribution in [3.63, 3.8) is 0 Å². The zero-order chi connectivity index (χ0) is 17.8. The third-order valence-electron chi connectivity index (χ3n) is 4.57. The Balaban J connectivity index is 1.34. The van der Waals surface area contributed by atoms with Crippen LogP contribution in [0.5, 0.6) is 5.75 Å². The summed E-state index contributed by atoms with van der Waals surface area (Å²) in [6, 6.07) is 17.3. The molecule has 0 unspecified atom stereocenters. The highest BCUT2D eigenvalue weighted by Gasteiger charge is 2.24. The second-order valence-electron chi connectivity index (χ2n) is 6.31. The van der Waals surface area contributed by atoms with Crippen LogP contribution in [0.4, 0.5) is 0 Å². The van der Waals surface area contributed by atoms with Crippen molar-refractivity contribution >= 4 is 5.91 Å². The Kier molecular flexibility index (Phi) is 4.64.